The Hall–Kier alpha value is -5.57. The first kappa shape index (κ1) is 33.0. The van der Waals surface area contributed by atoms with Crippen LogP contribution >= 0.6 is 10.6 Å². The smallest absolute Gasteiger partial charge is 0.323 e. The fourth-order valence-electron chi connectivity index (χ4n) is 6.30. The average Bonchev–Trinajstić information content (AvgIpc) is 3.69. The van der Waals surface area contributed by atoms with Crippen LogP contribution in [-0.2, 0) is 7.05 Å². The van der Waals surface area contributed by atoms with Crippen molar-refractivity contribution >= 4 is 56.7 Å². The van der Waals surface area contributed by atoms with Gasteiger partial charge in [-0.3, -0.25) is 23.4 Å². The Balaban J connectivity index is 1.08. The lowest BCUT2D eigenvalue weighted by Crippen LogP contribution is -2.42. The highest BCUT2D eigenvalue weighted by molar-refractivity contribution is 8.24. The van der Waals surface area contributed by atoms with Gasteiger partial charge in [0.05, 0.1) is 35.6 Å². The van der Waals surface area contributed by atoms with Gasteiger partial charge in [-0.25, -0.2) is 4.79 Å². The molecular formula is C36H36N6O7S. The number of nitrogens with one attached hydrogen (secondary N) is 3. The van der Waals surface area contributed by atoms with Gasteiger partial charge in [0, 0.05) is 64.8 Å². The third-order valence-electron chi connectivity index (χ3n) is 9.06. The number of fused-ring (bicyclic) bond motifs is 2. The number of aromatic nitrogens is 3. The Labute approximate surface area is 289 Å². The predicted molar refractivity (Wildman–Crippen MR) is 193 cm³/mol. The third kappa shape index (κ3) is 6.19. The number of aryl methyl sites for hydroxylation is 2. The quantitative estimate of drug-likeness (QED) is 0.123. The van der Waals surface area contributed by atoms with E-state index >= 15 is 0 Å². The van der Waals surface area contributed by atoms with E-state index in [0.29, 0.717) is 34.0 Å². The van der Waals surface area contributed by atoms with Crippen molar-refractivity contribution in [1.82, 2.24) is 19.7 Å². The second-order valence-corrected chi connectivity index (χ2v) is 14.7. The van der Waals surface area contributed by atoms with Gasteiger partial charge in [-0.05, 0) is 80.6 Å². The molecule has 1 fully saturated rings. The van der Waals surface area contributed by atoms with Gasteiger partial charge < -0.3 is 30.0 Å². The van der Waals surface area contributed by atoms with Crippen LogP contribution in [0, 0.1) is 13.8 Å². The zero-order valence-electron chi connectivity index (χ0n) is 27.9. The first-order valence-corrected chi connectivity index (χ1v) is 17.8. The summed E-state index contributed by atoms with van der Waals surface area (Å²) in [5, 5.41) is 10.9. The van der Waals surface area contributed by atoms with Crippen LogP contribution in [0.3, 0.4) is 0 Å². The molecule has 2 aliphatic heterocycles. The number of carbonyl (C=O) groups excluding carboxylic acids is 3. The number of rotatable bonds is 6. The molecule has 258 valence electrons. The Morgan fingerprint density at radius 2 is 1.70 bits per heavy atom. The Morgan fingerprint density at radius 1 is 1.00 bits per heavy atom. The summed E-state index contributed by atoms with van der Waals surface area (Å²) in [5.74, 6) is 0.982. The number of aromatic amines is 1. The number of hydrogen-bond acceptors (Lipinski definition) is 8. The number of ether oxygens (including phenoxy) is 2. The number of nitrogens with zero attached hydrogens (tertiary/aromatic N) is 3. The van der Waals surface area contributed by atoms with Crippen molar-refractivity contribution in [3.05, 3.63) is 94.5 Å². The molecule has 2 aliphatic rings. The van der Waals surface area contributed by atoms with E-state index in [0.717, 1.165) is 39.1 Å². The van der Waals surface area contributed by atoms with E-state index in [4.69, 9.17) is 9.47 Å². The van der Waals surface area contributed by atoms with E-state index in [9.17, 15) is 23.5 Å². The lowest BCUT2D eigenvalue weighted by Gasteiger charge is -2.40. The van der Waals surface area contributed by atoms with Gasteiger partial charge in [-0.2, -0.15) is 15.7 Å². The third-order valence-corrected chi connectivity index (χ3v) is 10.7. The van der Waals surface area contributed by atoms with Gasteiger partial charge in [0.2, 0.25) is 5.78 Å². The first-order valence-electron chi connectivity index (χ1n) is 15.9. The van der Waals surface area contributed by atoms with E-state index in [1.165, 1.54) is 0 Å². The molecule has 0 radical (unpaired) electrons. The topological polar surface area (TPSA) is 171 Å². The lowest BCUT2D eigenvalue weighted by molar-refractivity contribution is 0.0767. The standard InChI is InChI=1S/C36H36N6O7S/c1-20-32(21(2)41(3)40-20)33-27(26-18-25(48-4)10-11-29(26)39-33)19-31-34(43)28-17-24(9-12-30(28)49-31)38-36(45)37-23-7-5-22(6-8-23)35(44)42-13-15-50(46,47)16-14-42/h5-12,17-19,39,46-47H,13-16H2,1-4H3,(H2,37,38,45)/b31-19-. The summed E-state index contributed by atoms with van der Waals surface area (Å²) in [6, 6.07) is 16.5. The second-order valence-electron chi connectivity index (χ2n) is 12.3. The van der Waals surface area contributed by atoms with Gasteiger partial charge >= 0.3 is 6.03 Å². The molecule has 3 amide bonds. The van der Waals surface area contributed by atoms with Gasteiger partial charge in [0.15, 0.2) is 5.76 Å². The van der Waals surface area contributed by atoms with Crippen molar-refractivity contribution in [1.29, 1.82) is 0 Å². The van der Waals surface area contributed by atoms with Crippen molar-refractivity contribution in [2.24, 2.45) is 7.05 Å². The molecule has 1 saturated heterocycles. The van der Waals surface area contributed by atoms with Gasteiger partial charge in [0.25, 0.3) is 5.91 Å². The minimum Gasteiger partial charge on any atom is -0.497 e. The van der Waals surface area contributed by atoms with Gasteiger partial charge in [-0.1, -0.05) is 0 Å². The normalized spacial score (nSPS) is 16.6. The highest BCUT2D eigenvalue weighted by Gasteiger charge is 2.30. The monoisotopic (exact) mass is 696 g/mol. The number of amides is 3. The van der Waals surface area contributed by atoms with Crippen molar-refractivity contribution in [2.45, 2.75) is 13.8 Å². The van der Waals surface area contributed by atoms with E-state index in [-0.39, 0.29) is 42.0 Å². The molecule has 5 aromatic rings. The van der Waals surface area contributed by atoms with Crippen LogP contribution in [0.25, 0.3) is 28.2 Å². The van der Waals surface area contributed by atoms with Crippen LogP contribution in [0.4, 0.5) is 16.2 Å². The van der Waals surface area contributed by atoms with Crippen LogP contribution < -0.4 is 20.1 Å². The van der Waals surface area contributed by atoms with Gasteiger partial charge in [0.1, 0.15) is 11.5 Å². The predicted octanol–water partition coefficient (Wildman–Crippen LogP) is 6.66. The van der Waals surface area contributed by atoms with Crippen molar-refractivity contribution in [2.75, 3.05) is 42.3 Å². The van der Waals surface area contributed by atoms with E-state index in [2.05, 4.69) is 20.7 Å². The summed E-state index contributed by atoms with van der Waals surface area (Å²) in [7, 11) is 0.886. The fraction of sp³-hybridized carbons (Fsp3) is 0.222. The van der Waals surface area contributed by atoms with Crippen LogP contribution in [0.15, 0.2) is 66.4 Å². The molecule has 0 atom stereocenters. The molecule has 0 bridgehead atoms. The molecule has 3 aromatic carbocycles. The van der Waals surface area contributed by atoms with Crippen molar-refractivity contribution in [3.8, 4) is 22.8 Å². The molecular weight excluding hydrogens is 660 g/mol. The van der Waals surface area contributed by atoms with E-state index < -0.39 is 16.6 Å². The summed E-state index contributed by atoms with van der Waals surface area (Å²) in [6.07, 6.45) is 1.73. The number of benzene rings is 3. The summed E-state index contributed by atoms with van der Waals surface area (Å²) >= 11 is 0. The zero-order valence-corrected chi connectivity index (χ0v) is 28.7. The maximum absolute atomic E-state index is 13.7. The Bertz CT molecular complexity index is 2210. The van der Waals surface area contributed by atoms with Gasteiger partial charge in [-0.15, -0.1) is 0 Å². The number of methoxy groups -OCH3 is 1. The molecule has 2 aromatic heterocycles. The number of Topliss-reactive ketones (excluding diaryl/α,β-unsaturated/α-hetero) is 1. The summed E-state index contributed by atoms with van der Waals surface area (Å²) in [5.41, 5.74) is 6.74. The molecule has 0 spiro atoms. The number of ketones is 1. The minimum atomic E-state index is -2.60. The summed E-state index contributed by atoms with van der Waals surface area (Å²) in [6.45, 7) is 4.49. The SMILES string of the molecule is COc1ccc2[nH]c(-c3c(C)nn(C)c3C)c(/C=C3\Oc4ccc(NC(=O)Nc5ccc(C(=O)N6CCS(O)(O)CC6)cc5)cc4C3=O)c2c1. The summed E-state index contributed by atoms with van der Waals surface area (Å²) < 4.78 is 33.0. The lowest BCUT2D eigenvalue weighted by atomic mass is 10.0. The molecule has 4 heterocycles. The number of H-pyrrole nitrogens is 1. The maximum Gasteiger partial charge on any atom is 0.323 e. The average molecular weight is 697 g/mol. The van der Waals surface area contributed by atoms with Crippen LogP contribution in [0.5, 0.6) is 11.5 Å². The maximum atomic E-state index is 13.7. The minimum absolute atomic E-state index is 0.137. The molecule has 5 N–H and O–H groups in total. The number of hydrogen-bond donors (Lipinski definition) is 5. The highest BCUT2D eigenvalue weighted by Crippen LogP contribution is 2.41. The fourth-order valence-corrected chi connectivity index (χ4v) is 7.53. The molecule has 7 rings (SSSR count). The molecule has 0 unspecified atom stereocenters. The molecule has 50 heavy (non-hydrogen) atoms. The molecule has 13 nitrogen and oxygen atoms in total. The van der Waals surface area contributed by atoms with Crippen molar-refractivity contribution < 1.29 is 33.0 Å². The zero-order chi connectivity index (χ0) is 35.3. The van der Waals surface area contributed by atoms with Crippen LogP contribution in [-0.4, -0.2) is 78.2 Å². The molecule has 14 heteroatoms. The number of urea groups is 1. The first-order chi connectivity index (χ1) is 23.9. The van der Waals surface area contributed by atoms with Crippen LogP contribution in [0.2, 0.25) is 0 Å². The number of carbonyl (C=O) groups is 3. The van der Waals surface area contributed by atoms with E-state index in [1.807, 2.05) is 43.8 Å². The molecule has 0 saturated carbocycles. The van der Waals surface area contributed by atoms with E-state index in [1.54, 1.807) is 60.6 Å². The second kappa shape index (κ2) is 12.7. The largest absolute Gasteiger partial charge is 0.497 e. The Kier molecular flexibility index (Phi) is 8.38. The highest BCUT2D eigenvalue weighted by atomic mass is 32.3. The summed E-state index contributed by atoms with van der Waals surface area (Å²) in [4.78, 5) is 44.5. The number of anilines is 2. The number of allylic oxidation sites excluding steroid dienone is 1. The Morgan fingerprint density at radius 3 is 2.38 bits per heavy atom. The van der Waals surface area contributed by atoms with Crippen LogP contribution in [0.1, 0.15) is 37.7 Å². The van der Waals surface area contributed by atoms with Crippen molar-refractivity contribution in [3.63, 3.8) is 0 Å². The molecule has 0 aliphatic carbocycles.